The second-order valence-corrected chi connectivity index (χ2v) is 5.61. The van der Waals surface area contributed by atoms with Gasteiger partial charge in [-0.15, -0.1) is 24.8 Å². The molecule has 18 heavy (non-hydrogen) atoms. The van der Waals surface area contributed by atoms with Gasteiger partial charge in [-0.2, -0.15) is 0 Å². The number of piperazine rings is 1. The summed E-state index contributed by atoms with van der Waals surface area (Å²) in [5.74, 6) is 0. The van der Waals surface area contributed by atoms with Crippen molar-refractivity contribution in [1.29, 1.82) is 0 Å². The van der Waals surface area contributed by atoms with Crippen molar-refractivity contribution in [3.05, 3.63) is 34.3 Å². The number of nitrogens with one attached hydrogen (secondary N) is 1. The van der Waals surface area contributed by atoms with Gasteiger partial charge in [-0.3, -0.25) is 4.90 Å². The van der Waals surface area contributed by atoms with Gasteiger partial charge in [0.25, 0.3) is 0 Å². The average Bonchev–Trinajstić information content (AvgIpc) is 3.14. The van der Waals surface area contributed by atoms with Crippen molar-refractivity contribution in [3.8, 4) is 0 Å². The Morgan fingerprint density at radius 3 is 2.56 bits per heavy atom. The quantitative estimate of drug-likeness (QED) is 0.876. The maximum atomic E-state index is 3.65. The Hall–Kier alpha value is 0.200. The van der Waals surface area contributed by atoms with E-state index >= 15 is 0 Å². The van der Waals surface area contributed by atoms with E-state index in [1.807, 2.05) is 0 Å². The molecular formula is C13H19BrCl2N2. The predicted molar refractivity (Wildman–Crippen MR) is 84.0 cm³/mol. The molecule has 1 atom stereocenters. The summed E-state index contributed by atoms with van der Waals surface area (Å²) < 4.78 is 1.23. The molecule has 2 nitrogen and oxygen atoms in total. The lowest BCUT2D eigenvalue weighted by atomic mass is 10.0. The van der Waals surface area contributed by atoms with E-state index < -0.39 is 0 Å². The van der Waals surface area contributed by atoms with Gasteiger partial charge in [-0.05, 0) is 24.5 Å². The van der Waals surface area contributed by atoms with Crippen molar-refractivity contribution in [3.63, 3.8) is 0 Å². The molecule has 1 saturated carbocycles. The van der Waals surface area contributed by atoms with Gasteiger partial charge in [0, 0.05) is 36.2 Å². The minimum absolute atomic E-state index is 0. The minimum Gasteiger partial charge on any atom is -0.308 e. The molecule has 1 aliphatic heterocycles. The third-order valence-corrected chi connectivity index (χ3v) is 4.27. The van der Waals surface area contributed by atoms with Gasteiger partial charge in [0.05, 0.1) is 0 Å². The molecule has 1 N–H and O–H groups in total. The Morgan fingerprint density at radius 1 is 1.17 bits per heavy atom. The van der Waals surface area contributed by atoms with Crippen molar-refractivity contribution in [1.82, 2.24) is 10.2 Å². The van der Waals surface area contributed by atoms with Crippen molar-refractivity contribution >= 4 is 40.7 Å². The molecule has 0 amide bonds. The molecule has 102 valence electrons. The second-order valence-electron chi connectivity index (χ2n) is 4.75. The Balaban J connectivity index is 0.000000810. The van der Waals surface area contributed by atoms with E-state index in [9.17, 15) is 0 Å². The highest BCUT2D eigenvalue weighted by atomic mass is 79.9. The van der Waals surface area contributed by atoms with E-state index in [0.717, 1.165) is 19.1 Å². The first-order valence-corrected chi connectivity index (χ1v) is 6.86. The van der Waals surface area contributed by atoms with Gasteiger partial charge >= 0.3 is 0 Å². The summed E-state index contributed by atoms with van der Waals surface area (Å²) in [5, 5.41) is 3.62. The van der Waals surface area contributed by atoms with Crippen LogP contribution in [0.3, 0.4) is 0 Å². The Bertz CT molecular complexity index is 385. The van der Waals surface area contributed by atoms with Crippen LogP contribution in [0.25, 0.3) is 0 Å². The van der Waals surface area contributed by atoms with E-state index in [1.54, 1.807) is 0 Å². The van der Waals surface area contributed by atoms with Gasteiger partial charge in [-0.1, -0.05) is 34.1 Å². The minimum atomic E-state index is 0. The molecule has 1 heterocycles. The number of hydrogen-bond donors (Lipinski definition) is 1. The zero-order valence-electron chi connectivity index (χ0n) is 10.1. The van der Waals surface area contributed by atoms with Crippen molar-refractivity contribution < 1.29 is 0 Å². The molecule has 1 unspecified atom stereocenters. The summed E-state index contributed by atoms with van der Waals surface area (Å²) in [6, 6.07) is 9.93. The molecule has 2 fully saturated rings. The molecule has 3 rings (SSSR count). The highest BCUT2D eigenvalue weighted by Crippen LogP contribution is 2.31. The first-order valence-electron chi connectivity index (χ1n) is 6.06. The van der Waals surface area contributed by atoms with Crippen LogP contribution in [0.2, 0.25) is 0 Å². The summed E-state index contributed by atoms with van der Waals surface area (Å²) >= 11 is 3.65. The molecule has 2 aliphatic rings. The van der Waals surface area contributed by atoms with E-state index in [-0.39, 0.29) is 24.8 Å². The molecule has 0 aromatic heterocycles. The summed E-state index contributed by atoms with van der Waals surface area (Å²) in [5.41, 5.74) is 1.40. The lowest BCUT2D eigenvalue weighted by Crippen LogP contribution is -2.46. The van der Waals surface area contributed by atoms with Crippen LogP contribution >= 0.6 is 40.7 Å². The van der Waals surface area contributed by atoms with E-state index in [1.165, 1.54) is 29.4 Å². The number of benzene rings is 1. The molecule has 1 aliphatic carbocycles. The molecule has 0 radical (unpaired) electrons. The molecule has 1 aromatic carbocycles. The van der Waals surface area contributed by atoms with Crippen LogP contribution in [0, 0.1) is 0 Å². The molecule has 1 aromatic rings. The highest BCUT2D eigenvalue weighted by molar-refractivity contribution is 9.10. The van der Waals surface area contributed by atoms with Crippen LogP contribution < -0.4 is 5.32 Å². The molecule has 1 saturated heterocycles. The van der Waals surface area contributed by atoms with Crippen LogP contribution in [-0.2, 0) is 0 Å². The molecule has 0 spiro atoms. The third kappa shape index (κ3) is 3.61. The van der Waals surface area contributed by atoms with Crippen LogP contribution in [-0.4, -0.2) is 30.6 Å². The van der Waals surface area contributed by atoms with Gasteiger partial charge in [-0.25, -0.2) is 0 Å². The summed E-state index contributed by atoms with van der Waals surface area (Å²) in [7, 11) is 0. The summed E-state index contributed by atoms with van der Waals surface area (Å²) in [6.07, 6.45) is 2.81. The largest absolute Gasteiger partial charge is 0.308 e. The molecule has 0 bridgehead atoms. The normalized spacial score (nSPS) is 23.9. The van der Waals surface area contributed by atoms with Gasteiger partial charge in [0.2, 0.25) is 0 Å². The van der Waals surface area contributed by atoms with Crippen LogP contribution in [0.4, 0.5) is 0 Å². The van der Waals surface area contributed by atoms with E-state index in [4.69, 9.17) is 0 Å². The fraction of sp³-hybridized carbons (Fsp3) is 0.538. The van der Waals surface area contributed by atoms with Gasteiger partial charge < -0.3 is 5.32 Å². The number of rotatable bonds is 2. The number of hydrogen-bond acceptors (Lipinski definition) is 2. The topological polar surface area (TPSA) is 15.3 Å². The average molecular weight is 354 g/mol. The summed E-state index contributed by atoms with van der Waals surface area (Å²) in [4.78, 5) is 2.64. The Labute approximate surface area is 129 Å². The third-order valence-electron chi connectivity index (χ3n) is 3.55. The highest BCUT2D eigenvalue weighted by Gasteiger charge is 2.33. The standard InChI is InChI=1S/C13H17BrN2.2ClH/c14-12-4-2-1-3-11(12)13-9-16(8-7-15-13)10-5-6-10;;/h1-4,10,13,15H,5-9H2;2*1H. The lowest BCUT2D eigenvalue weighted by molar-refractivity contribution is 0.192. The monoisotopic (exact) mass is 352 g/mol. The number of halogens is 3. The SMILES string of the molecule is Brc1ccccc1C1CN(C2CC2)CCN1.Cl.Cl. The fourth-order valence-corrected chi connectivity index (χ4v) is 3.07. The first-order chi connectivity index (χ1) is 7.84. The zero-order chi connectivity index (χ0) is 11.0. The van der Waals surface area contributed by atoms with Gasteiger partial charge in [0.15, 0.2) is 0 Å². The lowest BCUT2D eigenvalue weighted by Gasteiger charge is -2.34. The Kier molecular flexibility index (Phi) is 6.42. The van der Waals surface area contributed by atoms with Crippen molar-refractivity contribution in [2.75, 3.05) is 19.6 Å². The first kappa shape index (κ1) is 16.3. The Morgan fingerprint density at radius 2 is 1.89 bits per heavy atom. The van der Waals surface area contributed by atoms with Crippen LogP contribution in [0.15, 0.2) is 28.7 Å². The molecular weight excluding hydrogens is 335 g/mol. The van der Waals surface area contributed by atoms with Crippen LogP contribution in [0.1, 0.15) is 24.4 Å². The number of nitrogens with zero attached hydrogens (tertiary/aromatic N) is 1. The predicted octanol–water partition coefficient (Wildman–Crippen LogP) is 3.40. The fourth-order valence-electron chi connectivity index (χ4n) is 2.51. The van der Waals surface area contributed by atoms with Crippen molar-refractivity contribution in [2.45, 2.75) is 24.9 Å². The second kappa shape index (κ2) is 7.11. The zero-order valence-corrected chi connectivity index (χ0v) is 13.4. The van der Waals surface area contributed by atoms with Crippen molar-refractivity contribution in [2.24, 2.45) is 0 Å². The maximum absolute atomic E-state index is 3.65. The van der Waals surface area contributed by atoms with Gasteiger partial charge in [0.1, 0.15) is 0 Å². The maximum Gasteiger partial charge on any atom is 0.0461 e. The molecule has 5 heteroatoms. The van der Waals surface area contributed by atoms with Crippen LogP contribution in [0.5, 0.6) is 0 Å². The van der Waals surface area contributed by atoms with E-state index in [0.29, 0.717) is 6.04 Å². The smallest absolute Gasteiger partial charge is 0.0461 e. The van der Waals surface area contributed by atoms with E-state index in [2.05, 4.69) is 50.4 Å². The summed E-state index contributed by atoms with van der Waals surface area (Å²) in [6.45, 7) is 3.49.